The minimum absolute atomic E-state index is 0.0771. The predicted molar refractivity (Wildman–Crippen MR) is 185 cm³/mol. The van der Waals surface area contributed by atoms with E-state index in [0.29, 0.717) is 22.8 Å². The van der Waals surface area contributed by atoms with E-state index in [-0.39, 0.29) is 23.8 Å². The molecule has 1 atom stereocenters. The molecule has 9 heteroatoms. The van der Waals surface area contributed by atoms with E-state index in [2.05, 4.69) is 5.32 Å². The van der Waals surface area contributed by atoms with E-state index in [9.17, 15) is 18.0 Å². The Morgan fingerprint density at radius 3 is 2.11 bits per heavy atom. The Bertz CT molecular complexity index is 1730. The van der Waals surface area contributed by atoms with Crippen LogP contribution in [0.2, 0.25) is 5.02 Å². The van der Waals surface area contributed by atoms with Gasteiger partial charge in [0, 0.05) is 24.5 Å². The van der Waals surface area contributed by atoms with Crippen molar-refractivity contribution in [1.82, 2.24) is 10.2 Å². The number of carbonyl (C=O) groups excluding carboxylic acids is 2. The van der Waals surface area contributed by atoms with Gasteiger partial charge in [0.25, 0.3) is 10.0 Å². The van der Waals surface area contributed by atoms with Crippen molar-refractivity contribution in [3.05, 3.63) is 130 Å². The third-order valence-corrected chi connectivity index (χ3v) is 9.90. The maximum Gasteiger partial charge on any atom is 0.264 e. The van der Waals surface area contributed by atoms with E-state index in [1.54, 1.807) is 42.5 Å². The number of nitrogens with one attached hydrogen (secondary N) is 1. The fraction of sp³-hybridized carbons (Fsp3) is 0.297. The van der Waals surface area contributed by atoms with Gasteiger partial charge in [0.2, 0.25) is 11.8 Å². The van der Waals surface area contributed by atoms with Crippen LogP contribution in [0.15, 0.2) is 102 Å². The smallest absolute Gasteiger partial charge is 0.264 e. The summed E-state index contributed by atoms with van der Waals surface area (Å²) in [6, 6.07) is 27.7. The zero-order valence-electron chi connectivity index (χ0n) is 26.9. The molecule has 1 N–H and O–H groups in total. The number of unbranched alkanes of at least 4 members (excludes halogenated alkanes) is 1. The monoisotopic (exact) mass is 659 g/mol. The molecule has 0 aliphatic heterocycles. The van der Waals surface area contributed by atoms with Gasteiger partial charge in [-0.3, -0.25) is 13.9 Å². The number of nitrogens with zero attached hydrogens (tertiary/aromatic N) is 2. The number of amides is 2. The minimum atomic E-state index is -4.17. The van der Waals surface area contributed by atoms with Gasteiger partial charge in [-0.05, 0) is 74.2 Å². The maximum atomic E-state index is 14.6. The number of halogens is 1. The Kier molecular flexibility index (Phi) is 12.0. The number of sulfonamides is 1. The lowest BCUT2D eigenvalue weighted by Gasteiger charge is -2.34. The van der Waals surface area contributed by atoms with Gasteiger partial charge in [-0.1, -0.05) is 103 Å². The van der Waals surface area contributed by atoms with Crippen molar-refractivity contribution in [3.63, 3.8) is 0 Å². The van der Waals surface area contributed by atoms with E-state index in [4.69, 9.17) is 11.6 Å². The maximum absolute atomic E-state index is 14.6. The van der Waals surface area contributed by atoms with Crippen molar-refractivity contribution < 1.29 is 18.0 Å². The molecule has 4 rings (SSSR count). The molecule has 7 nitrogen and oxygen atoms in total. The number of hydrogen-bond acceptors (Lipinski definition) is 4. The van der Waals surface area contributed by atoms with Gasteiger partial charge >= 0.3 is 0 Å². The zero-order valence-corrected chi connectivity index (χ0v) is 28.4. The molecule has 0 saturated heterocycles. The first-order valence-electron chi connectivity index (χ1n) is 15.5. The summed E-state index contributed by atoms with van der Waals surface area (Å²) in [5.74, 6) is -0.795. The molecule has 0 heterocycles. The normalized spacial score (nSPS) is 11.9. The summed E-state index contributed by atoms with van der Waals surface area (Å²) in [5.41, 5.74) is 4.64. The van der Waals surface area contributed by atoms with Gasteiger partial charge in [0.1, 0.15) is 12.6 Å². The lowest BCUT2D eigenvalue weighted by Crippen LogP contribution is -2.53. The van der Waals surface area contributed by atoms with Crippen LogP contribution < -0.4 is 9.62 Å². The first kappa shape index (κ1) is 34.7. The predicted octanol–water partition coefficient (Wildman–Crippen LogP) is 7.02. The Morgan fingerprint density at radius 2 is 1.48 bits per heavy atom. The molecule has 0 aliphatic rings. The third-order valence-electron chi connectivity index (χ3n) is 7.88. The average Bonchev–Trinajstić information content (AvgIpc) is 3.03. The van der Waals surface area contributed by atoms with Crippen LogP contribution in [0.25, 0.3) is 0 Å². The van der Waals surface area contributed by atoms with E-state index in [1.165, 1.54) is 4.90 Å². The molecule has 0 fully saturated rings. The van der Waals surface area contributed by atoms with Gasteiger partial charge < -0.3 is 10.2 Å². The summed E-state index contributed by atoms with van der Waals surface area (Å²) in [6.45, 7) is 7.74. The largest absolute Gasteiger partial charge is 0.354 e. The van der Waals surface area contributed by atoms with Crippen LogP contribution in [0, 0.1) is 20.8 Å². The van der Waals surface area contributed by atoms with Crippen molar-refractivity contribution in [1.29, 1.82) is 0 Å². The van der Waals surface area contributed by atoms with Gasteiger partial charge in [-0.25, -0.2) is 8.42 Å². The highest BCUT2D eigenvalue weighted by Crippen LogP contribution is 2.29. The average molecular weight is 660 g/mol. The molecule has 0 bridgehead atoms. The molecule has 46 heavy (non-hydrogen) atoms. The molecule has 242 valence electrons. The first-order chi connectivity index (χ1) is 22.0. The van der Waals surface area contributed by atoms with E-state index < -0.39 is 28.5 Å². The topological polar surface area (TPSA) is 86.8 Å². The summed E-state index contributed by atoms with van der Waals surface area (Å²) < 4.78 is 29.7. The molecule has 4 aromatic rings. The van der Waals surface area contributed by atoms with E-state index in [0.717, 1.165) is 39.4 Å². The SMILES string of the molecule is CCCCNC(=O)[C@@H](Cc1ccccc1)N(Cc1ccc(Cl)cc1)C(=O)CN(c1ccc(C)cc1C)S(=O)(=O)c1ccc(C)cc1. The molecular formula is C37H42ClN3O4S. The lowest BCUT2D eigenvalue weighted by atomic mass is 10.0. The highest BCUT2D eigenvalue weighted by Gasteiger charge is 2.35. The quantitative estimate of drug-likeness (QED) is 0.148. The first-order valence-corrected chi connectivity index (χ1v) is 17.3. The fourth-order valence-corrected chi connectivity index (χ4v) is 6.89. The van der Waals surface area contributed by atoms with Crippen LogP contribution >= 0.6 is 11.6 Å². The van der Waals surface area contributed by atoms with E-state index >= 15 is 0 Å². The van der Waals surface area contributed by atoms with E-state index in [1.807, 2.05) is 82.3 Å². The summed E-state index contributed by atoms with van der Waals surface area (Å²) in [6.07, 6.45) is 1.95. The lowest BCUT2D eigenvalue weighted by molar-refractivity contribution is -0.140. The van der Waals surface area contributed by atoms with Crippen LogP contribution in [0.1, 0.15) is 47.6 Å². The summed E-state index contributed by atoms with van der Waals surface area (Å²) in [4.78, 5) is 30.0. The summed E-state index contributed by atoms with van der Waals surface area (Å²) in [7, 11) is -4.17. The van der Waals surface area contributed by atoms with Crippen LogP contribution in [0.4, 0.5) is 5.69 Å². The Labute approximate surface area is 278 Å². The molecule has 0 aromatic heterocycles. The van der Waals surface area contributed by atoms with Gasteiger partial charge in [-0.15, -0.1) is 0 Å². The number of rotatable bonds is 14. The zero-order chi connectivity index (χ0) is 33.3. The molecule has 0 unspecified atom stereocenters. The number of hydrogen-bond donors (Lipinski definition) is 1. The second-order valence-corrected chi connectivity index (χ2v) is 13.9. The highest BCUT2D eigenvalue weighted by molar-refractivity contribution is 7.92. The summed E-state index contributed by atoms with van der Waals surface area (Å²) >= 11 is 6.16. The number of aryl methyl sites for hydroxylation is 3. The van der Waals surface area contributed by atoms with Gasteiger partial charge in [0.15, 0.2) is 0 Å². The van der Waals surface area contributed by atoms with Gasteiger partial charge in [-0.2, -0.15) is 0 Å². The second kappa shape index (κ2) is 15.9. The Hall–Kier alpha value is -4.14. The van der Waals surface area contributed by atoms with Crippen LogP contribution in [0.5, 0.6) is 0 Å². The molecule has 0 radical (unpaired) electrons. The molecule has 0 aliphatic carbocycles. The van der Waals surface area contributed by atoms with Crippen molar-refractivity contribution >= 4 is 39.1 Å². The van der Waals surface area contributed by atoms with Crippen molar-refractivity contribution in [2.75, 3.05) is 17.4 Å². The Morgan fingerprint density at radius 1 is 0.826 bits per heavy atom. The number of carbonyl (C=O) groups is 2. The van der Waals surface area contributed by atoms with Crippen LogP contribution in [-0.2, 0) is 32.6 Å². The van der Waals surface area contributed by atoms with Crippen molar-refractivity contribution in [2.24, 2.45) is 0 Å². The fourth-order valence-electron chi connectivity index (χ4n) is 5.28. The Balaban J connectivity index is 1.81. The summed E-state index contributed by atoms with van der Waals surface area (Å²) in [5, 5.41) is 3.56. The third kappa shape index (κ3) is 8.98. The van der Waals surface area contributed by atoms with Crippen molar-refractivity contribution in [3.8, 4) is 0 Å². The second-order valence-electron chi connectivity index (χ2n) is 11.6. The minimum Gasteiger partial charge on any atom is -0.354 e. The van der Waals surface area contributed by atoms with Crippen molar-refractivity contribution in [2.45, 2.75) is 64.4 Å². The van der Waals surface area contributed by atoms with Crippen LogP contribution in [0.3, 0.4) is 0 Å². The number of benzene rings is 4. The molecule has 4 aromatic carbocycles. The van der Waals surface area contributed by atoms with Crippen LogP contribution in [-0.4, -0.2) is 44.3 Å². The molecule has 0 spiro atoms. The number of anilines is 1. The molecule has 2 amide bonds. The molecule has 0 saturated carbocycles. The molecular weight excluding hydrogens is 618 g/mol. The standard InChI is InChI=1S/C37H42ClN3O4S/c1-5-6-22-39-37(43)35(24-30-10-8-7-9-11-30)40(25-31-15-17-32(38)18-16-31)36(42)26-41(34-21-14-28(3)23-29(34)4)46(44,45)33-19-12-27(2)13-20-33/h7-21,23,35H,5-6,22,24-26H2,1-4H3,(H,39,43)/t35-/m1/s1. The highest BCUT2D eigenvalue weighted by atomic mass is 35.5. The van der Waals surface area contributed by atoms with Gasteiger partial charge in [0.05, 0.1) is 10.6 Å².